The van der Waals surface area contributed by atoms with Crippen LogP contribution < -0.4 is 5.32 Å². The average Bonchev–Trinajstić information content (AvgIpc) is 2.93. The van der Waals surface area contributed by atoms with Crippen molar-refractivity contribution in [2.24, 2.45) is 5.92 Å². The molecule has 2 unspecified atom stereocenters. The standard InChI is InChI=1S/C13H18N2O2/c1-9-4-5-12(17-9)13(16)15-7-10-3-2-6-14-11(10)8-15/h4-5,10-11,14H,2-3,6-8H2,1H3. The molecule has 4 heteroatoms. The van der Waals surface area contributed by atoms with Gasteiger partial charge in [0.2, 0.25) is 0 Å². The Morgan fingerprint density at radius 2 is 2.35 bits per heavy atom. The fourth-order valence-electron chi connectivity index (χ4n) is 2.92. The SMILES string of the molecule is Cc1ccc(C(=O)N2CC3CCCNC3C2)o1. The summed E-state index contributed by atoms with van der Waals surface area (Å²) in [6.45, 7) is 4.64. The molecule has 0 aliphatic carbocycles. The van der Waals surface area contributed by atoms with Crippen molar-refractivity contribution in [3.05, 3.63) is 23.7 Å². The van der Waals surface area contributed by atoms with Crippen molar-refractivity contribution in [3.8, 4) is 0 Å². The van der Waals surface area contributed by atoms with Crippen LogP contribution in [0.2, 0.25) is 0 Å². The number of aryl methyl sites for hydroxylation is 1. The van der Waals surface area contributed by atoms with E-state index in [2.05, 4.69) is 5.32 Å². The highest BCUT2D eigenvalue weighted by Crippen LogP contribution is 2.26. The molecule has 2 atom stereocenters. The molecule has 0 radical (unpaired) electrons. The molecule has 0 saturated carbocycles. The number of hydrogen-bond donors (Lipinski definition) is 1. The molecule has 3 heterocycles. The highest BCUT2D eigenvalue weighted by molar-refractivity contribution is 5.91. The lowest BCUT2D eigenvalue weighted by Crippen LogP contribution is -2.41. The molecule has 2 saturated heterocycles. The Hall–Kier alpha value is -1.29. The van der Waals surface area contributed by atoms with E-state index >= 15 is 0 Å². The normalized spacial score (nSPS) is 28.2. The predicted octanol–water partition coefficient (Wildman–Crippen LogP) is 1.41. The molecule has 2 fully saturated rings. The monoisotopic (exact) mass is 234 g/mol. The van der Waals surface area contributed by atoms with Gasteiger partial charge in [0.05, 0.1) is 0 Å². The van der Waals surface area contributed by atoms with Crippen molar-refractivity contribution in [2.75, 3.05) is 19.6 Å². The lowest BCUT2D eigenvalue weighted by molar-refractivity contribution is 0.0752. The van der Waals surface area contributed by atoms with Gasteiger partial charge in [-0.2, -0.15) is 0 Å². The van der Waals surface area contributed by atoms with E-state index in [-0.39, 0.29) is 5.91 Å². The molecular weight excluding hydrogens is 216 g/mol. The largest absolute Gasteiger partial charge is 0.456 e. The van der Waals surface area contributed by atoms with Gasteiger partial charge in [-0.25, -0.2) is 0 Å². The van der Waals surface area contributed by atoms with Gasteiger partial charge in [0.1, 0.15) is 5.76 Å². The molecule has 3 rings (SSSR count). The van der Waals surface area contributed by atoms with Crippen LogP contribution in [0.15, 0.2) is 16.5 Å². The van der Waals surface area contributed by atoms with E-state index in [9.17, 15) is 4.79 Å². The number of hydrogen-bond acceptors (Lipinski definition) is 3. The molecule has 1 amide bonds. The number of carbonyl (C=O) groups is 1. The number of carbonyl (C=O) groups excluding carboxylic acids is 1. The maximum absolute atomic E-state index is 12.2. The van der Waals surface area contributed by atoms with Crippen molar-refractivity contribution in [2.45, 2.75) is 25.8 Å². The number of nitrogens with one attached hydrogen (secondary N) is 1. The molecule has 0 spiro atoms. The summed E-state index contributed by atoms with van der Waals surface area (Å²) in [5, 5.41) is 3.50. The Morgan fingerprint density at radius 1 is 1.47 bits per heavy atom. The van der Waals surface area contributed by atoms with Gasteiger partial charge in [-0.15, -0.1) is 0 Å². The van der Waals surface area contributed by atoms with Crippen LogP contribution >= 0.6 is 0 Å². The van der Waals surface area contributed by atoms with E-state index in [1.165, 1.54) is 12.8 Å². The molecule has 0 aromatic carbocycles. The van der Waals surface area contributed by atoms with Gasteiger partial charge in [0.25, 0.3) is 5.91 Å². The molecule has 92 valence electrons. The van der Waals surface area contributed by atoms with Gasteiger partial charge < -0.3 is 14.6 Å². The maximum atomic E-state index is 12.2. The third-order valence-electron chi connectivity index (χ3n) is 3.84. The third kappa shape index (κ3) is 1.97. The Balaban J connectivity index is 1.71. The Labute approximate surface area is 101 Å². The minimum atomic E-state index is 0.0364. The van der Waals surface area contributed by atoms with Crippen LogP contribution in [0.25, 0.3) is 0 Å². The van der Waals surface area contributed by atoms with Gasteiger partial charge in [-0.1, -0.05) is 0 Å². The summed E-state index contributed by atoms with van der Waals surface area (Å²) in [4.78, 5) is 14.1. The smallest absolute Gasteiger partial charge is 0.289 e. The Morgan fingerprint density at radius 3 is 3.06 bits per heavy atom. The lowest BCUT2D eigenvalue weighted by Gasteiger charge is -2.24. The third-order valence-corrected chi connectivity index (χ3v) is 3.84. The first kappa shape index (κ1) is 10.8. The number of fused-ring (bicyclic) bond motifs is 1. The molecule has 1 aromatic rings. The first-order chi connectivity index (χ1) is 8.24. The summed E-state index contributed by atoms with van der Waals surface area (Å²) in [5.74, 6) is 1.93. The van der Waals surface area contributed by atoms with Crippen molar-refractivity contribution in [1.29, 1.82) is 0 Å². The number of amides is 1. The molecule has 0 bridgehead atoms. The molecular formula is C13H18N2O2. The van der Waals surface area contributed by atoms with Crippen LogP contribution in [0.3, 0.4) is 0 Å². The number of likely N-dealkylation sites (tertiary alicyclic amines) is 1. The van der Waals surface area contributed by atoms with Crippen molar-refractivity contribution in [1.82, 2.24) is 10.2 Å². The van der Waals surface area contributed by atoms with Crippen molar-refractivity contribution < 1.29 is 9.21 Å². The van der Waals surface area contributed by atoms with E-state index in [1.54, 1.807) is 6.07 Å². The van der Waals surface area contributed by atoms with Gasteiger partial charge in [0.15, 0.2) is 5.76 Å². The zero-order valence-electron chi connectivity index (χ0n) is 10.1. The second-order valence-electron chi connectivity index (χ2n) is 5.08. The summed E-state index contributed by atoms with van der Waals surface area (Å²) in [6, 6.07) is 4.10. The molecule has 17 heavy (non-hydrogen) atoms. The number of rotatable bonds is 1. The number of piperidine rings is 1. The molecule has 4 nitrogen and oxygen atoms in total. The second-order valence-corrected chi connectivity index (χ2v) is 5.08. The van der Waals surface area contributed by atoms with Gasteiger partial charge in [-0.05, 0) is 44.4 Å². The van der Waals surface area contributed by atoms with Crippen LogP contribution in [0.4, 0.5) is 0 Å². The zero-order chi connectivity index (χ0) is 11.8. The van der Waals surface area contributed by atoms with Crippen LogP contribution in [-0.4, -0.2) is 36.5 Å². The van der Waals surface area contributed by atoms with E-state index in [0.29, 0.717) is 17.7 Å². The first-order valence-electron chi connectivity index (χ1n) is 6.33. The van der Waals surface area contributed by atoms with E-state index in [0.717, 1.165) is 25.4 Å². The topological polar surface area (TPSA) is 45.5 Å². The Kier molecular flexibility index (Phi) is 2.67. The van der Waals surface area contributed by atoms with Crippen molar-refractivity contribution >= 4 is 5.91 Å². The highest BCUT2D eigenvalue weighted by atomic mass is 16.3. The summed E-state index contributed by atoms with van der Waals surface area (Å²) in [5.41, 5.74) is 0. The van der Waals surface area contributed by atoms with Crippen LogP contribution in [0.5, 0.6) is 0 Å². The highest BCUT2D eigenvalue weighted by Gasteiger charge is 2.37. The maximum Gasteiger partial charge on any atom is 0.289 e. The molecule has 2 aliphatic rings. The summed E-state index contributed by atoms with van der Waals surface area (Å²) in [7, 11) is 0. The van der Waals surface area contributed by atoms with E-state index in [4.69, 9.17) is 4.42 Å². The quantitative estimate of drug-likeness (QED) is 0.799. The molecule has 1 aromatic heterocycles. The number of furan rings is 1. The number of nitrogens with zero attached hydrogens (tertiary/aromatic N) is 1. The van der Waals surface area contributed by atoms with E-state index in [1.807, 2.05) is 17.9 Å². The molecule has 1 N–H and O–H groups in total. The van der Waals surface area contributed by atoms with Crippen molar-refractivity contribution in [3.63, 3.8) is 0 Å². The summed E-state index contributed by atoms with van der Waals surface area (Å²) >= 11 is 0. The second kappa shape index (κ2) is 4.18. The minimum absolute atomic E-state index is 0.0364. The van der Waals surface area contributed by atoms with Crippen LogP contribution in [-0.2, 0) is 0 Å². The average molecular weight is 234 g/mol. The van der Waals surface area contributed by atoms with Crippen LogP contribution in [0, 0.1) is 12.8 Å². The fourth-order valence-corrected chi connectivity index (χ4v) is 2.92. The van der Waals surface area contributed by atoms with Gasteiger partial charge in [-0.3, -0.25) is 4.79 Å². The first-order valence-corrected chi connectivity index (χ1v) is 6.33. The Bertz CT molecular complexity index is 413. The zero-order valence-corrected chi connectivity index (χ0v) is 10.1. The fraction of sp³-hybridized carbons (Fsp3) is 0.615. The minimum Gasteiger partial charge on any atom is -0.456 e. The summed E-state index contributed by atoms with van der Waals surface area (Å²) < 4.78 is 5.40. The summed E-state index contributed by atoms with van der Waals surface area (Å²) in [6.07, 6.45) is 2.46. The predicted molar refractivity (Wildman–Crippen MR) is 63.9 cm³/mol. The molecule has 2 aliphatic heterocycles. The van der Waals surface area contributed by atoms with Gasteiger partial charge in [0, 0.05) is 19.1 Å². The van der Waals surface area contributed by atoms with Crippen LogP contribution in [0.1, 0.15) is 29.2 Å². The van der Waals surface area contributed by atoms with Gasteiger partial charge >= 0.3 is 0 Å². The lowest BCUT2D eigenvalue weighted by atomic mass is 9.94. The van der Waals surface area contributed by atoms with E-state index < -0.39 is 0 Å².